The van der Waals surface area contributed by atoms with E-state index in [0.29, 0.717) is 13.2 Å². The Balaban J connectivity index is 1.79. The highest BCUT2D eigenvalue weighted by molar-refractivity contribution is 8.08. The van der Waals surface area contributed by atoms with Gasteiger partial charge in [-0.1, -0.05) is 72.5 Å². The molecule has 2 aromatic carbocycles. The highest BCUT2D eigenvalue weighted by atomic mass is 32.2. The Bertz CT molecular complexity index is 747. The average molecular weight is 379 g/mol. The number of rotatable bonds is 6. The molecule has 0 aliphatic rings. The number of hydrogen-bond acceptors (Lipinski definition) is 3. The summed E-state index contributed by atoms with van der Waals surface area (Å²) in [5.41, 5.74) is 1.22. The van der Waals surface area contributed by atoms with Crippen molar-refractivity contribution >= 4 is 11.8 Å². The van der Waals surface area contributed by atoms with Gasteiger partial charge in [0.1, 0.15) is 11.2 Å². The predicted molar refractivity (Wildman–Crippen MR) is 114 cm³/mol. The second-order valence-corrected chi connectivity index (χ2v) is 7.74. The van der Waals surface area contributed by atoms with Crippen LogP contribution in [0.4, 0.5) is 0 Å². The Kier molecular flexibility index (Phi) is 8.01. The van der Waals surface area contributed by atoms with Crippen LogP contribution in [-0.4, -0.2) is 11.2 Å². The monoisotopic (exact) mass is 378 g/mol. The third kappa shape index (κ3) is 8.85. The molecule has 0 radical (unpaired) electrons. The molecule has 0 saturated heterocycles. The summed E-state index contributed by atoms with van der Waals surface area (Å²) >= 11 is 1.27. The van der Waals surface area contributed by atoms with Gasteiger partial charge in [0.05, 0.1) is 13.2 Å². The van der Waals surface area contributed by atoms with Crippen molar-refractivity contribution in [2.45, 2.75) is 52.1 Å². The zero-order valence-electron chi connectivity index (χ0n) is 16.4. The zero-order chi connectivity index (χ0) is 19.6. The molecule has 140 valence electrons. The Morgan fingerprint density at radius 1 is 0.667 bits per heavy atom. The maximum absolute atomic E-state index is 5.89. The second-order valence-electron chi connectivity index (χ2n) is 7.13. The number of benzene rings is 2. The van der Waals surface area contributed by atoms with Crippen molar-refractivity contribution in [1.82, 2.24) is 0 Å². The normalized spacial score (nSPS) is 11.1. The number of hydrogen-bond donors (Lipinski definition) is 0. The smallest absolute Gasteiger partial charge is 0.124 e. The van der Waals surface area contributed by atoms with Crippen LogP contribution in [0.15, 0.2) is 60.7 Å². The fourth-order valence-electron chi connectivity index (χ4n) is 2.07. The second kappa shape index (κ2) is 10.2. The van der Waals surface area contributed by atoms with Crippen molar-refractivity contribution in [2.24, 2.45) is 0 Å². The molecule has 0 N–H and O–H groups in total. The lowest BCUT2D eigenvalue weighted by molar-refractivity contribution is 0.0143. The standard InChI is InChI=1S/C24H26O2S/c1-23(2,25-19-21-11-7-5-8-12-21)15-17-27-18-16-24(3,4)26-20-22-13-9-6-10-14-22/h5-14H,19-20H2,1-4H3. The molecule has 27 heavy (non-hydrogen) atoms. The first kappa shape index (κ1) is 21.1. The molecule has 2 nitrogen and oxygen atoms in total. The van der Waals surface area contributed by atoms with Crippen molar-refractivity contribution in [3.63, 3.8) is 0 Å². The van der Waals surface area contributed by atoms with E-state index in [0.717, 1.165) is 11.1 Å². The van der Waals surface area contributed by atoms with Gasteiger partial charge in [0, 0.05) is 11.8 Å². The van der Waals surface area contributed by atoms with Crippen LogP contribution in [-0.2, 0) is 22.7 Å². The first-order chi connectivity index (χ1) is 12.9. The molecule has 0 heterocycles. The van der Waals surface area contributed by atoms with Crippen LogP contribution in [0.2, 0.25) is 0 Å². The Morgan fingerprint density at radius 2 is 1.04 bits per heavy atom. The first-order valence-corrected chi connectivity index (χ1v) is 9.74. The summed E-state index contributed by atoms with van der Waals surface area (Å²) in [5.74, 6) is 6.24. The fraction of sp³-hybridized carbons (Fsp3) is 0.333. The molecule has 2 rings (SSSR count). The minimum absolute atomic E-state index is 0.524. The third-order valence-corrected chi connectivity index (χ3v) is 4.10. The molecule has 0 unspecified atom stereocenters. The Morgan fingerprint density at radius 3 is 1.41 bits per heavy atom. The van der Waals surface area contributed by atoms with Crippen molar-refractivity contribution in [2.75, 3.05) is 0 Å². The van der Waals surface area contributed by atoms with Gasteiger partial charge in [0.25, 0.3) is 0 Å². The summed E-state index contributed by atoms with van der Waals surface area (Å²) in [6, 6.07) is 20.2. The lowest BCUT2D eigenvalue weighted by Gasteiger charge is -2.19. The largest absolute Gasteiger partial charge is 0.358 e. The van der Waals surface area contributed by atoms with Gasteiger partial charge in [-0.15, -0.1) is 0 Å². The van der Waals surface area contributed by atoms with Crippen LogP contribution >= 0.6 is 11.8 Å². The quantitative estimate of drug-likeness (QED) is 0.607. The van der Waals surface area contributed by atoms with E-state index in [9.17, 15) is 0 Å². The van der Waals surface area contributed by atoms with Crippen LogP contribution in [0.5, 0.6) is 0 Å². The van der Waals surface area contributed by atoms with E-state index in [1.54, 1.807) is 0 Å². The number of ether oxygens (including phenoxy) is 2. The molecule has 0 aromatic heterocycles. The molecular formula is C24H26O2S. The molecule has 0 amide bonds. The van der Waals surface area contributed by atoms with Gasteiger partial charge in [0.15, 0.2) is 0 Å². The van der Waals surface area contributed by atoms with Crippen LogP contribution in [0.3, 0.4) is 0 Å². The lowest BCUT2D eigenvalue weighted by atomic mass is 10.1. The molecule has 0 saturated carbocycles. The molecule has 0 aliphatic carbocycles. The summed E-state index contributed by atoms with van der Waals surface area (Å²) in [6.07, 6.45) is 0. The van der Waals surface area contributed by atoms with Crippen molar-refractivity contribution in [3.05, 3.63) is 71.8 Å². The van der Waals surface area contributed by atoms with Gasteiger partial charge in [0.2, 0.25) is 0 Å². The molecule has 0 bridgehead atoms. The number of thioether (sulfide) groups is 1. The van der Waals surface area contributed by atoms with E-state index in [-0.39, 0.29) is 0 Å². The predicted octanol–water partition coefficient (Wildman–Crippen LogP) is 5.63. The van der Waals surface area contributed by atoms with Crippen LogP contribution in [0.1, 0.15) is 38.8 Å². The summed E-state index contributed by atoms with van der Waals surface area (Å²) in [6.45, 7) is 8.93. The van der Waals surface area contributed by atoms with E-state index >= 15 is 0 Å². The Labute approximate surface area is 167 Å². The SMILES string of the molecule is CC(C)(C#CSC#CC(C)(C)OCc1ccccc1)OCc1ccccc1. The van der Waals surface area contributed by atoms with E-state index in [1.165, 1.54) is 11.8 Å². The summed E-state index contributed by atoms with van der Waals surface area (Å²) in [7, 11) is 0. The highest BCUT2D eigenvalue weighted by Gasteiger charge is 2.15. The molecule has 0 atom stereocenters. The van der Waals surface area contributed by atoms with Crippen molar-refractivity contribution in [1.29, 1.82) is 0 Å². The van der Waals surface area contributed by atoms with Crippen LogP contribution < -0.4 is 0 Å². The topological polar surface area (TPSA) is 18.5 Å². The third-order valence-electron chi connectivity index (χ3n) is 3.69. The van der Waals surface area contributed by atoms with Crippen molar-refractivity contribution < 1.29 is 9.47 Å². The van der Waals surface area contributed by atoms with E-state index in [1.807, 2.05) is 88.4 Å². The zero-order valence-corrected chi connectivity index (χ0v) is 17.2. The van der Waals surface area contributed by atoms with Gasteiger partial charge >= 0.3 is 0 Å². The Hall–Kier alpha value is -2.17. The van der Waals surface area contributed by atoms with Gasteiger partial charge in [-0.2, -0.15) is 0 Å². The van der Waals surface area contributed by atoms with Gasteiger partial charge in [-0.25, -0.2) is 0 Å². The lowest BCUT2D eigenvalue weighted by Crippen LogP contribution is -2.21. The highest BCUT2D eigenvalue weighted by Crippen LogP contribution is 2.14. The van der Waals surface area contributed by atoms with Gasteiger partial charge in [-0.05, 0) is 49.3 Å². The minimum atomic E-state index is -0.524. The molecule has 3 heteroatoms. The average Bonchev–Trinajstić information content (AvgIpc) is 2.66. The van der Waals surface area contributed by atoms with E-state index in [4.69, 9.17) is 9.47 Å². The van der Waals surface area contributed by atoms with E-state index < -0.39 is 11.2 Å². The van der Waals surface area contributed by atoms with Crippen LogP contribution in [0, 0.1) is 22.3 Å². The maximum atomic E-state index is 5.89. The molecule has 0 spiro atoms. The first-order valence-electron chi connectivity index (χ1n) is 8.92. The fourth-order valence-corrected chi connectivity index (χ4v) is 2.72. The summed E-state index contributed by atoms with van der Waals surface area (Å²) in [4.78, 5) is 0. The molecular weight excluding hydrogens is 352 g/mol. The van der Waals surface area contributed by atoms with Gasteiger partial charge in [-0.3, -0.25) is 0 Å². The molecule has 0 aliphatic heterocycles. The maximum Gasteiger partial charge on any atom is 0.124 e. The molecule has 2 aromatic rings. The minimum Gasteiger partial charge on any atom is -0.358 e. The van der Waals surface area contributed by atoms with Crippen LogP contribution in [0.25, 0.3) is 0 Å². The summed E-state index contributed by atoms with van der Waals surface area (Å²) in [5, 5.41) is 6.04. The molecule has 0 fully saturated rings. The van der Waals surface area contributed by atoms with Crippen molar-refractivity contribution in [3.8, 4) is 22.3 Å². The van der Waals surface area contributed by atoms with E-state index in [2.05, 4.69) is 22.3 Å². The van der Waals surface area contributed by atoms with Gasteiger partial charge < -0.3 is 9.47 Å². The summed E-state index contributed by atoms with van der Waals surface area (Å²) < 4.78 is 11.8.